The van der Waals surface area contributed by atoms with Gasteiger partial charge < -0.3 is 9.16 Å². The van der Waals surface area contributed by atoms with Gasteiger partial charge >= 0.3 is 5.97 Å². The van der Waals surface area contributed by atoms with Gasteiger partial charge in [0, 0.05) is 5.57 Å². The monoisotopic (exact) mass is 366 g/mol. The fourth-order valence-corrected chi connectivity index (χ4v) is 2.98. The molecule has 25 heavy (non-hydrogen) atoms. The first-order valence-electron chi connectivity index (χ1n) is 9.41. The van der Waals surface area contributed by atoms with Crippen molar-refractivity contribution >= 4 is 14.3 Å². The molecule has 0 aliphatic heterocycles. The van der Waals surface area contributed by atoms with Crippen LogP contribution in [0.2, 0.25) is 18.1 Å². The van der Waals surface area contributed by atoms with Crippen molar-refractivity contribution < 1.29 is 14.0 Å². The maximum absolute atomic E-state index is 11.5. The summed E-state index contributed by atoms with van der Waals surface area (Å²) < 4.78 is 11.4. The Morgan fingerprint density at radius 2 is 1.64 bits per heavy atom. The summed E-state index contributed by atoms with van der Waals surface area (Å²) >= 11 is 0. The molecule has 0 spiro atoms. The maximum atomic E-state index is 11.5. The highest BCUT2D eigenvalue weighted by atomic mass is 28.4. The Hall–Kier alpha value is -1.29. The van der Waals surface area contributed by atoms with Crippen LogP contribution in [-0.4, -0.2) is 20.9 Å². The highest BCUT2D eigenvalue weighted by Crippen LogP contribution is 2.38. The smallest absolute Gasteiger partial charge is 0.333 e. The van der Waals surface area contributed by atoms with Crippen molar-refractivity contribution in [1.82, 2.24) is 0 Å². The van der Waals surface area contributed by atoms with Crippen molar-refractivity contribution in [3.8, 4) is 0 Å². The predicted molar refractivity (Wildman–Crippen MR) is 110 cm³/mol. The molecule has 0 saturated heterocycles. The van der Waals surface area contributed by atoms with Gasteiger partial charge in [-0.2, -0.15) is 0 Å². The number of hydrogen-bond acceptors (Lipinski definition) is 3. The molecule has 0 radical (unpaired) electrons. The van der Waals surface area contributed by atoms with Gasteiger partial charge in [0.05, 0.1) is 12.4 Å². The minimum atomic E-state index is -1.80. The molecule has 0 saturated carbocycles. The summed E-state index contributed by atoms with van der Waals surface area (Å²) in [4.78, 5) is 11.5. The van der Waals surface area contributed by atoms with E-state index in [1.165, 1.54) is 0 Å². The number of allylic oxidation sites excluding steroid dienone is 4. The van der Waals surface area contributed by atoms with Gasteiger partial charge in [-0.1, -0.05) is 32.9 Å². The lowest BCUT2D eigenvalue weighted by atomic mass is 10.1. The summed E-state index contributed by atoms with van der Waals surface area (Å²) in [6.07, 6.45) is 12.3. The predicted octanol–water partition coefficient (Wildman–Crippen LogP) is 6.54. The number of esters is 1. The third kappa shape index (κ3) is 9.68. The zero-order chi connectivity index (χ0) is 19.5. The molecule has 0 atom stereocenters. The van der Waals surface area contributed by atoms with E-state index in [0.717, 1.165) is 31.4 Å². The molecule has 0 amide bonds. The number of hydrogen-bond donors (Lipinski definition) is 0. The van der Waals surface area contributed by atoms with Crippen molar-refractivity contribution in [2.75, 3.05) is 6.61 Å². The fourth-order valence-electron chi connectivity index (χ4n) is 1.94. The van der Waals surface area contributed by atoms with Gasteiger partial charge in [0.15, 0.2) is 0 Å². The maximum Gasteiger partial charge on any atom is 0.333 e. The zero-order valence-electron chi connectivity index (χ0n) is 17.6. The van der Waals surface area contributed by atoms with Crippen LogP contribution in [-0.2, 0) is 14.0 Å². The normalized spacial score (nSPS) is 14.1. The van der Waals surface area contributed by atoms with Gasteiger partial charge in [-0.25, -0.2) is 4.79 Å². The van der Waals surface area contributed by atoms with Crippen molar-refractivity contribution in [3.05, 3.63) is 35.6 Å². The lowest BCUT2D eigenvalue weighted by Gasteiger charge is -2.36. The Morgan fingerprint density at radius 3 is 2.12 bits per heavy atom. The van der Waals surface area contributed by atoms with E-state index in [2.05, 4.69) is 46.0 Å². The van der Waals surface area contributed by atoms with Crippen LogP contribution < -0.4 is 0 Å². The van der Waals surface area contributed by atoms with Crippen molar-refractivity contribution in [2.45, 2.75) is 85.4 Å². The average Bonchev–Trinajstić information content (AvgIpc) is 2.49. The Kier molecular flexibility index (Phi) is 10.8. The molecule has 0 bridgehead atoms. The van der Waals surface area contributed by atoms with Crippen molar-refractivity contribution in [3.63, 3.8) is 0 Å². The zero-order valence-corrected chi connectivity index (χ0v) is 18.6. The van der Waals surface area contributed by atoms with Gasteiger partial charge in [-0.3, -0.25) is 0 Å². The van der Waals surface area contributed by atoms with Crippen LogP contribution in [0, 0.1) is 0 Å². The quantitative estimate of drug-likeness (QED) is 0.110. The summed E-state index contributed by atoms with van der Waals surface area (Å²) in [5, 5.41) is 0.198. The number of carbonyl (C=O) groups is 1. The Labute approximate surface area is 156 Å². The molecule has 144 valence electrons. The highest BCUT2D eigenvalue weighted by molar-refractivity contribution is 6.74. The van der Waals surface area contributed by atoms with Crippen LogP contribution in [0.5, 0.6) is 0 Å². The van der Waals surface area contributed by atoms with Gasteiger partial charge in [0.25, 0.3) is 0 Å². The molecule has 0 aliphatic carbocycles. The van der Waals surface area contributed by atoms with Crippen LogP contribution in [0.1, 0.15) is 67.2 Å². The third-order valence-corrected chi connectivity index (χ3v) is 8.92. The first-order chi connectivity index (χ1) is 11.5. The number of rotatable bonds is 10. The van der Waals surface area contributed by atoms with Gasteiger partial charge in [0.1, 0.15) is 0 Å². The van der Waals surface area contributed by atoms with Gasteiger partial charge in [-0.05, 0) is 76.7 Å². The summed E-state index contributed by atoms with van der Waals surface area (Å²) in [6, 6.07) is 0. The van der Waals surface area contributed by atoms with Gasteiger partial charge in [0.2, 0.25) is 8.32 Å². The Bertz CT molecular complexity index is 494. The fraction of sp³-hybridized carbons (Fsp3) is 0.667. The summed E-state index contributed by atoms with van der Waals surface area (Å²) in [7, 11) is -1.80. The molecule has 0 aromatic heterocycles. The summed E-state index contributed by atoms with van der Waals surface area (Å²) in [5.74, 6) is 0.785. The van der Waals surface area contributed by atoms with E-state index in [4.69, 9.17) is 9.16 Å². The van der Waals surface area contributed by atoms with E-state index >= 15 is 0 Å². The molecule has 0 aromatic rings. The molecule has 0 heterocycles. The first-order valence-corrected chi connectivity index (χ1v) is 12.3. The van der Waals surface area contributed by atoms with E-state index in [1.54, 1.807) is 0 Å². The third-order valence-electron chi connectivity index (χ3n) is 4.56. The van der Waals surface area contributed by atoms with Crippen LogP contribution in [0.15, 0.2) is 35.6 Å². The molecule has 0 N–H and O–H groups in total. The van der Waals surface area contributed by atoms with Crippen LogP contribution >= 0.6 is 0 Å². The average molecular weight is 367 g/mol. The number of ether oxygens (including phenoxy) is 1. The van der Waals surface area contributed by atoms with E-state index in [-0.39, 0.29) is 11.0 Å². The van der Waals surface area contributed by atoms with E-state index < -0.39 is 8.32 Å². The van der Waals surface area contributed by atoms with E-state index in [1.807, 2.05) is 32.9 Å². The van der Waals surface area contributed by atoms with Crippen LogP contribution in [0.4, 0.5) is 0 Å². The molecular formula is C21H38O3Si. The summed E-state index contributed by atoms with van der Waals surface area (Å²) in [5.41, 5.74) is 0.702. The van der Waals surface area contributed by atoms with Crippen molar-refractivity contribution in [2.24, 2.45) is 0 Å². The molecule has 0 fully saturated rings. The minimum absolute atomic E-state index is 0.198. The Morgan fingerprint density at radius 1 is 1.08 bits per heavy atom. The molecule has 0 rings (SSSR count). The van der Waals surface area contributed by atoms with E-state index in [0.29, 0.717) is 12.2 Å². The van der Waals surface area contributed by atoms with Crippen LogP contribution in [0.25, 0.3) is 0 Å². The lowest BCUT2D eigenvalue weighted by molar-refractivity contribution is -0.138. The SMILES string of the molecule is C/C=C/C(=C/CCCC/C=C(\C)C(=O)OCC)O[Si](C)(C)C(C)(C)C. The molecule has 0 aliphatic rings. The number of carbonyl (C=O) groups excluding carboxylic acids is 1. The van der Waals surface area contributed by atoms with Crippen LogP contribution in [0.3, 0.4) is 0 Å². The Balaban J connectivity index is 4.48. The summed E-state index contributed by atoms with van der Waals surface area (Å²) in [6.45, 7) is 17.4. The number of unbranched alkanes of at least 4 members (excludes halogenated alkanes) is 3. The second-order valence-corrected chi connectivity index (χ2v) is 12.6. The topological polar surface area (TPSA) is 35.5 Å². The first kappa shape index (κ1) is 23.7. The highest BCUT2D eigenvalue weighted by Gasteiger charge is 2.39. The van der Waals surface area contributed by atoms with Crippen molar-refractivity contribution in [1.29, 1.82) is 0 Å². The lowest BCUT2D eigenvalue weighted by Crippen LogP contribution is -2.40. The molecule has 0 aromatic carbocycles. The minimum Gasteiger partial charge on any atom is -0.544 e. The molecule has 4 heteroatoms. The molecular weight excluding hydrogens is 328 g/mol. The second-order valence-electron chi connectivity index (χ2n) is 7.86. The molecule has 3 nitrogen and oxygen atoms in total. The van der Waals surface area contributed by atoms with E-state index in [9.17, 15) is 4.79 Å². The largest absolute Gasteiger partial charge is 0.544 e. The van der Waals surface area contributed by atoms with Gasteiger partial charge in [-0.15, -0.1) is 0 Å². The standard InChI is InChI=1S/C21H38O3Si/c1-9-15-19(24-25(7,8)21(4,5)6)17-14-12-11-13-16-18(3)20(22)23-10-2/h9,15-17H,10-14H2,1-8H3/b15-9+,18-16+,19-17-. The molecule has 0 unspecified atom stereocenters. The second kappa shape index (κ2) is 11.3.